The second-order valence-corrected chi connectivity index (χ2v) is 14.2. The van der Waals surface area contributed by atoms with E-state index in [-0.39, 0.29) is 16.6 Å². The van der Waals surface area contributed by atoms with E-state index >= 15 is 0 Å². The van der Waals surface area contributed by atoms with Crippen LogP contribution in [0.4, 0.5) is 4.39 Å². The molecule has 0 heterocycles. The van der Waals surface area contributed by atoms with Gasteiger partial charge in [0.2, 0.25) is 0 Å². The summed E-state index contributed by atoms with van der Waals surface area (Å²) in [6, 6.07) is 4.54. The van der Waals surface area contributed by atoms with Gasteiger partial charge in [-0.2, -0.15) is 0 Å². The fourth-order valence-electron chi connectivity index (χ4n) is 1.61. The fraction of sp³-hybridized carbons (Fsp3) is 0.529. The Hall–Kier alpha value is -0.963. The molecule has 22 heavy (non-hydrogen) atoms. The van der Waals surface area contributed by atoms with Gasteiger partial charge >= 0.3 is 0 Å². The van der Waals surface area contributed by atoms with Gasteiger partial charge in [0.25, 0.3) is 0 Å². The summed E-state index contributed by atoms with van der Waals surface area (Å²) in [5.41, 5.74) is 4.57. The molecule has 0 bridgehead atoms. The zero-order valence-electron chi connectivity index (χ0n) is 14.5. The van der Waals surface area contributed by atoms with Gasteiger partial charge < -0.3 is 0 Å². The second-order valence-electron chi connectivity index (χ2n) is 7.46. The molecule has 2 nitrogen and oxygen atoms in total. The average molecular weight is 340 g/mol. The van der Waals surface area contributed by atoms with Crippen LogP contribution < -0.4 is 4.72 Å². The van der Waals surface area contributed by atoms with Gasteiger partial charge in [-0.15, -0.1) is 5.54 Å². The number of benzene rings is 1. The topological polar surface area (TPSA) is 29.1 Å². The van der Waals surface area contributed by atoms with E-state index in [4.69, 9.17) is 0 Å². The molecule has 0 amide bonds. The lowest BCUT2D eigenvalue weighted by Crippen LogP contribution is -2.35. The van der Waals surface area contributed by atoms with Crippen LogP contribution in [0.1, 0.15) is 44.9 Å². The maximum atomic E-state index is 14.1. The van der Waals surface area contributed by atoms with E-state index in [1.165, 1.54) is 6.07 Å². The third-order valence-corrected chi connectivity index (χ3v) is 5.44. The van der Waals surface area contributed by atoms with Crippen LogP contribution in [0.25, 0.3) is 0 Å². The Balaban J connectivity index is 3.04. The fourth-order valence-corrected chi connectivity index (χ4v) is 2.93. The molecule has 0 spiro atoms. The van der Waals surface area contributed by atoms with E-state index in [1.807, 2.05) is 27.7 Å². The van der Waals surface area contributed by atoms with Gasteiger partial charge in [0.15, 0.2) is 0 Å². The van der Waals surface area contributed by atoms with Crippen LogP contribution >= 0.6 is 0 Å². The van der Waals surface area contributed by atoms with Crippen molar-refractivity contribution in [1.82, 2.24) is 4.72 Å². The normalized spacial score (nSPS) is 14.9. The number of hydrogen-bond donors (Lipinski definition) is 1. The second kappa shape index (κ2) is 7.07. The SMILES string of the molecule is C[C@@H](NS(=O)C(C)(C)C)c1cc(C#C[Si](C)(C)C)ccc1F. The summed E-state index contributed by atoms with van der Waals surface area (Å²) in [6.07, 6.45) is 0. The molecule has 0 aliphatic heterocycles. The standard InChI is InChI=1S/C17H26FNOSSi/c1-13(19-21(20)17(2,3)4)15-12-14(8-9-16(15)18)10-11-22(5,6)7/h8-9,12-13,19H,1-7H3/t13-,21?/m1/s1. The summed E-state index contributed by atoms with van der Waals surface area (Å²) in [5.74, 6) is 2.83. The van der Waals surface area contributed by atoms with Gasteiger partial charge in [-0.05, 0) is 45.9 Å². The van der Waals surface area contributed by atoms with Gasteiger partial charge in [0.1, 0.15) is 13.9 Å². The number of nitrogens with one attached hydrogen (secondary N) is 1. The van der Waals surface area contributed by atoms with Gasteiger partial charge in [-0.3, -0.25) is 0 Å². The molecule has 1 aromatic carbocycles. The Morgan fingerprint density at radius 3 is 2.36 bits per heavy atom. The van der Waals surface area contributed by atoms with E-state index in [2.05, 4.69) is 35.8 Å². The Morgan fingerprint density at radius 1 is 1.27 bits per heavy atom. The molecule has 0 aromatic heterocycles. The molecule has 1 N–H and O–H groups in total. The van der Waals surface area contributed by atoms with Crippen LogP contribution in [0.15, 0.2) is 18.2 Å². The van der Waals surface area contributed by atoms with Crippen molar-refractivity contribution in [2.24, 2.45) is 0 Å². The van der Waals surface area contributed by atoms with Crippen LogP contribution in [0.2, 0.25) is 19.6 Å². The van der Waals surface area contributed by atoms with Crippen molar-refractivity contribution >= 4 is 19.1 Å². The molecule has 0 aliphatic carbocycles. The van der Waals surface area contributed by atoms with Crippen LogP contribution in [0.5, 0.6) is 0 Å². The minimum absolute atomic E-state index is 0.301. The lowest BCUT2D eigenvalue weighted by atomic mass is 10.1. The van der Waals surface area contributed by atoms with Crippen molar-refractivity contribution in [2.75, 3.05) is 0 Å². The first kappa shape index (κ1) is 19.1. The van der Waals surface area contributed by atoms with Crippen molar-refractivity contribution in [3.8, 4) is 11.5 Å². The quantitative estimate of drug-likeness (QED) is 0.650. The third-order valence-electron chi connectivity index (χ3n) is 2.88. The summed E-state index contributed by atoms with van der Waals surface area (Å²) in [4.78, 5) is 0. The first-order chi connectivity index (χ1) is 9.90. The molecule has 1 rings (SSSR count). The highest BCUT2D eigenvalue weighted by atomic mass is 32.2. The van der Waals surface area contributed by atoms with Crippen molar-refractivity contribution in [3.63, 3.8) is 0 Å². The van der Waals surface area contributed by atoms with E-state index in [1.54, 1.807) is 12.1 Å². The average Bonchev–Trinajstić information content (AvgIpc) is 2.35. The molecule has 122 valence electrons. The van der Waals surface area contributed by atoms with E-state index < -0.39 is 19.1 Å². The molecule has 2 atom stereocenters. The molecule has 0 fully saturated rings. The molecule has 1 aromatic rings. The smallest absolute Gasteiger partial charge is 0.129 e. The maximum Gasteiger partial charge on any atom is 0.129 e. The first-order valence-corrected chi connectivity index (χ1v) is 12.1. The maximum absolute atomic E-state index is 14.1. The Bertz CT molecular complexity index is 620. The van der Waals surface area contributed by atoms with E-state index in [9.17, 15) is 8.60 Å². The Kier molecular flexibility index (Phi) is 6.14. The Labute approximate surface area is 137 Å². The van der Waals surface area contributed by atoms with Crippen LogP contribution in [0.3, 0.4) is 0 Å². The highest BCUT2D eigenvalue weighted by molar-refractivity contribution is 7.84. The minimum atomic E-state index is -1.47. The summed E-state index contributed by atoms with van der Waals surface area (Å²) in [6.45, 7) is 14.0. The summed E-state index contributed by atoms with van der Waals surface area (Å²) in [5, 5.41) is 0. The molecule has 5 heteroatoms. The highest BCUT2D eigenvalue weighted by Gasteiger charge is 2.23. The van der Waals surface area contributed by atoms with Crippen LogP contribution in [-0.4, -0.2) is 17.0 Å². The van der Waals surface area contributed by atoms with E-state index in [0.717, 1.165) is 5.56 Å². The van der Waals surface area contributed by atoms with Crippen molar-refractivity contribution in [1.29, 1.82) is 0 Å². The largest absolute Gasteiger partial charge is 0.242 e. The molecule has 0 radical (unpaired) electrons. The number of hydrogen-bond acceptors (Lipinski definition) is 1. The lowest BCUT2D eigenvalue weighted by molar-refractivity contribution is 0.571. The predicted octanol–water partition coefficient (Wildman–Crippen LogP) is 4.17. The molecule has 0 saturated heterocycles. The van der Waals surface area contributed by atoms with Crippen molar-refractivity contribution in [2.45, 2.75) is 58.1 Å². The van der Waals surface area contributed by atoms with Gasteiger partial charge in [-0.25, -0.2) is 13.3 Å². The minimum Gasteiger partial charge on any atom is -0.242 e. The Morgan fingerprint density at radius 2 is 1.86 bits per heavy atom. The van der Waals surface area contributed by atoms with Crippen molar-refractivity contribution in [3.05, 3.63) is 35.1 Å². The van der Waals surface area contributed by atoms with Gasteiger partial charge in [-0.1, -0.05) is 25.6 Å². The zero-order valence-corrected chi connectivity index (χ0v) is 16.3. The number of rotatable bonds is 3. The molecule has 0 aliphatic rings. The van der Waals surface area contributed by atoms with Crippen LogP contribution in [0, 0.1) is 17.3 Å². The number of halogens is 1. The van der Waals surface area contributed by atoms with Gasteiger partial charge in [0.05, 0.1) is 15.7 Å². The zero-order chi connectivity index (χ0) is 17.1. The summed E-state index contributed by atoms with van der Waals surface area (Å²) in [7, 11) is -2.71. The van der Waals surface area contributed by atoms with Crippen molar-refractivity contribution < 1.29 is 8.60 Å². The van der Waals surface area contributed by atoms with Crippen LogP contribution in [-0.2, 0) is 11.0 Å². The highest BCUT2D eigenvalue weighted by Crippen LogP contribution is 2.21. The molecular formula is C17H26FNOSSi. The van der Waals surface area contributed by atoms with E-state index in [0.29, 0.717) is 5.56 Å². The van der Waals surface area contributed by atoms with Gasteiger partial charge in [0, 0.05) is 17.2 Å². The molecule has 1 unspecified atom stereocenters. The first-order valence-electron chi connectivity index (χ1n) is 7.41. The molecule has 0 saturated carbocycles. The predicted molar refractivity (Wildman–Crippen MR) is 96.1 cm³/mol. The molecular weight excluding hydrogens is 313 g/mol. The summed E-state index contributed by atoms with van der Waals surface area (Å²) < 4.78 is 28.8. The monoisotopic (exact) mass is 339 g/mol. The summed E-state index contributed by atoms with van der Waals surface area (Å²) >= 11 is 0. The lowest BCUT2D eigenvalue weighted by Gasteiger charge is -2.22. The third kappa shape index (κ3) is 6.03.